The van der Waals surface area contributed by atoms with Crippen LogP contribution in [0.5, 0.6) is 11.5 Å². The van der Waals surface area contributed by atoms with Crippen molar-refractivity contribution in [1.29, 1.82) is 0 Å². The van der Waals surface area contributed by atoms with Gasteiger partial charge in [-0.05, 0) is 48.6 Å². The van der Waals surface area contributed by atoms with Gasteiger partial charge in [0.25, 0.3) is 5.56 Å². The van der Waals surface area contributed by atoms with Gasteiger partial charge in [0.2, 0.25) is 0 Å². The molecule has 2 heterocycles. The van der Waals surface area contributed by atoms with Crippen LogP contribution in [0.4, 0.5) is 8.78 Å². The number of fused-ring (bicyclic) bond motifs is 1. The zero-order chi connectivity index (χ0) is 30.0. The van der Waals surface area contributed by atoms with Crippen molar-refractivity contribution in [3.63, 3.8) is 0 Å². The fourth-order valence-corrected chi connectivity index (χ4v) is 4.93. The average Bonchev–Trinajstić information content (AvgIpc) is 3.76. The minimum absolute atomic E-state index is 0.00518. The van der Waals surface area contributed by atoms with E-state index >= 15 is 0 Å². The van der Waals surface area contributed by atoms with E-state index in [-0.39, 0.29) is 45.5 Å². The van der Waals surface area contributed by atoms with Gasteiger partial charge in [-0.2, -0.15) is 13.5 Å². The lowest BCUT2D eigenvalue weighted by atomic mass is 10.0. The SMILES string of the molecule is O=C(Cn1c(=O)[nH]c2ccccc2c1=O)OC(Cc1c(Cl)c[n+]([O-])cc1Cl)c1ccc(OC(F)F)c(OCC2CC2)c1. The van der Waals surface area contributed by atoms with Crippen LogP contribution in [0.15, 0.2) is 64.4 Å². The Labute approximate surface area is 246 Å². The molecule has 42 heavy (non-hydrogen) atoms. The lowest BCUT2D eigenvalue weighted by Crippen LogP contribution is -2.38. The van der Waals surface area contributed by atoms with Crippen molar-refractivity contribution in [2.45, 2.75) is 38.5 Å². The molecular formula is C28H23Cl2F2N3O7. The predicted octanol–water partition coefficient (Wildman–Crippen LogP) is 4.55. The molecule has 220 valence electrons. The highest BCUT2D eigenvalue weighted by molar-refractivity contribution is 6.35. The summed E-state index contributed by atoms with van der Waals surface area (Å²) in [5.74, 6) is -0.874. The molecule has 0 radical (unpaired) electrons. The molecule has 1 aliphatic rings. The first kappa shape index (κ1) is 29.3. The largest absolute Gasteiger partial charge is 0.619 e. The van der Waals surface area contributed by atoms with Crippen LogP contribution in [-0.4, -0.2) is 28.7 Å². The summed E-state index contributed by atoms with van der Waals surface area (Å²) in [7, 11) is 0. The molecule has 2 aromatic heterocycles. The summed E-state index contributed by atoms with van der Waals surface area (Å²) in [6.07, 6.45) is 2.73. The highest BCUT2D eigenvalue weighted by Crippen LogP contribution is 2.37. The molecule has 1 saturated carbocycles. The second-order valence-corrected chi connectivity index (χ2v) is 10.5. The van der Waals surface area contributed by atoms with E-state index in [1.54, 1.807) is 18.2 Å². The van der Waals surface area contributed by atoms with E-state index in [9.17, 15) is 28.4 Å². The van der Waals surface area contributed by atoms with Crippen molar-refractivity contribution in [1.82, 2.24) is 9.55 Å². The van der Waals surface area contributed by atoms with E-state index in [0.29, 0.717) is 26.3 Å². The first-order valence-corrected chi connectivity index (χ1v) is 13.5. The van der Waals surface area contributed by atoms with Gasteiger partial charge in [0, 0.05) is 12.0 Å². The first-order chi connectivity index (χ1) is 20.1. The minimum atomic E-state index is -3.10. The number of hydrogen-bond acceptors (Lipinski definition) is 7. The van der Waals surface area contributed by atoms with Gasteiger partial charge in [0.15, 0.2) is 23.9 Å². The Morgan fingerprint density at radius 1 is 1.10 bits per heavy atom. The molecular weight excluding hydrogens is 599 g/mol. The second-order valence-electron chi connectivity index (χ2n) is 9.68. The molecule has 4 aromatic rings. The molecule has 1 aliphatic carbocycles. The van der Waals surface area contributed by atoms with E-state index < -0.39 is 36.5 Å². The Bertz CT molecular complexity index is 1740. The number of halogens is 4. The van der Waals surface area contributed by atoms with Gasteiger partial charge in [-0.3, -0.25) is 9.59 Å². The fraction of sp³-hybridized carbons (Fsp3) is 0.286. The third-order valence-electron chi connectivity index (χ3n) is 6.62. The number of aromatic nitrogens is 3. The molecule has 1 atom stereocenters. The van der Waals surface area contributed by atoms with Crippen LogP contribution < -0.4 is 25.5 Å². The molecule has 0 amide bonds. The lowest BCUT2D eigenvalue weighted by molar-refractivity contribution is -0.605. The highest BCUT2D eigenvalue weighted by atomic mass is 35.5. The highest BCUT2D eigenvalue weighted by Gasteiger charge is 2.27. The number of aromatic amines is 1. The topological polar surface area (TPSA) is 127 Å². The van der Waals surface area contributed by atoms with Crippen molar-refractivity contribution in [3.8, 4) is 11.5 Å². The van der Waals surface area contributed by atoms with Crippen molar-refractivity contribution < 1.29 is 32.5 Å². The van der Waals surface area contributed by atoms with Gasteiger partial charge in [-0.15, -0.1) is 0 Å². The Balaban J connectivity index is 1.49. The Kier molecular flexibility index (Phi) is 8.64. The number of H-pyrrole nitrogens is 1. The number of esters is 1. The summed E-state index contributed by atoms with van der Waals surface area (Å²) in [5, 5.41) is 11.9. The number of nitrogens with zero attached hydrogens (tertiary/aromatic N) is 2. The number of carbonyl (C=O) groups is 1. The van der Waals surface area contributed by atoms with Gasteiger partial charge in [-0.1, -0.05) is 41.4 Å². The second kappa shape index (κ2) is 12.4. The minimum Gasteiger partial charge on any atom is -0.619 e. The molecule has 0 aliphatic heterocycles. The predicted molar refractivity (Wildman–Crippen MR) is 148 cm³/mol. The molecule has 1 unspecified atom stereocenters. The number of hydrogen-bond donors (Lipinski definition) is 1. The zero-order valence-corrected chi connectivity index (χ0v) is 23.2. The number of carbonyl (C=O) groups excluding carboxylic acids is 1. The van der Waals surface area contributed by atoms with Crippen LogP contribution in [0, 0.1) is 11.1 Å². The summed E-state index contributed by atoms with van der Waals surface area (Å²) in [5.41, 5.74) is -0.644. The van der Waals surface area contributed by atoms with Crippen LogP contribution in [-0.2, 0) is 22.5 Å². The molecule has 2 aromatic carbocycles. The van der Waals surface area contributed by atoms with E-state index in [0.717, 1.165) is 25.2 Å². The summed E-state index contributed by atoms with van der Waals surface area (Å²) < 4.78 is 43.3. The van der Waals surface area contributed by atoms with Gasteiger partial charge in [0.1, 0.15) is 22.7 Å². The zero-order valence-electron chi connectivity index (χ0n) is 21.7. The van der Waals surface area contributed by atoms with Gasteiger partial charge < -0.3 is 24.4 Å². The lowest BCUT2D eigenvalue weighted by Gasteiger charge is -2.21. The van der Waals surface area contributed by atoms with Gasteiger partial charge >= 0.3 is 18.3 Å². The van der Waals surface area contributed by atoms with Crippen LogP contribution in [0.25, 0.3) is 10.9 Å². The Morgan fingerprint density at radius 3 is 2.50 bits per heavy atom. The summed E-state index contributed by atoms with van der Waals surface area (Å²) >= 11 is 12.5. The maximum absolute atomic E-state index is 13.2. The van der Waals surface area contributed by atoms with Crippen LogP contribution in [0.1, 0.15) is 30.1 Å². The molecule has 1 fully saturated rings. The van der Waals surface area contributed by atoms with E-state index in [2.05, 4.69) is 9.72 Å². The first-order valence-electron chi connectivity index (χ1n) is 12.8. The number of para-hydroxylation sites is 1. The fourth-order valence-electron chi connectivity index (χ4n) is 4.33. The maximum atomic E-state index is 13.2. The molecule has 0 spiro atoms. The van der Waals surface area contributed by atoms with Crippen LogP contribution in [0.2, 0.25) is 10.0 Å². The standard InChI is InChI=1S/C28H23Cl2F2N3O7/c29-19-11-34(39)12-20(30)18(19)10-23(16-7-8-22(42-27(31)32)24(9-16)40-14-15-5-6-15)41-25(36)13-35-26(37)17-3-1-2-4-21(17)33-28(35)38/h1-4,7-9,11-12,15,23,27H,5-6,10,13-14H2,(H,33,38). The molecule has 0 saturated heterocycles. The van der Waals surface area contributed by atoms with Crippen molar-refractivity contribution in [2.24, 2.45) is 5.92 Å². The quantitative estimate of drug-likeness (QED) is 0.148. The summed E-state index contributed by atoms with van der Waals surface area (Å²) in [4.78, 5) is 41.2. The molecule has 5 rings (SSSR count). The number of benzene rings is 2. The normalized spacial score (nSPS) is 13.7. The molecule has 14 heteroatoms. The van der Waals surface area contributed by atoms with E-state index in [4.69, 9.17) is 32.7 Å². The van der Waals surface area contributed by atoms with Crippen LogP contribution >= 0.6 is 23.2 Å². The number of alkyl halides is 2. The van der Waals surface area contributed by atoms with Gasteiger partial charge in [-0.25, -0.2) is 9.36 Å². The monoisotopic (exact) mass is 621 g/mol. The van der Waals surface area contributed by atoms with Crippen molar-refractivity contribution in [3.05, 3.63) is 102 Å². The van der Waals surface area contributed by atoms with Crippen molar-refractivity contribution in [2.75, 3.05) is 6.61 Å². The number of ether oxygens (including phenoxy) is 3. The van der Waals surface area contributed by atoms with E-state index in [1.165, 1.54) is 24.3 Å². The maximum Gasteiger partial charge on any atom is 0.387 e. The van der Waals surface area contributed by atoms with Crippen LogP contribution in [0.3, 0.4) is 0 Å². The van der Waals surface area contributed by atoms with Crippen molar-refractivity contribution >= 4 is 40.1 Å². The van der Waals surface area contributed by atoms with Gasteiger partial charge in [0.05, 0.1) is 17.5 Å². The smallest absolute Gasteiger partial charge is 0.387 e. The molecule has 0 bridgehead atoms. The summed E-state index contributed by atoms with van der Waals surface area (Å²) in [6.45, 7) is -3.56. The third kappa shape index (κ3) is 6.82. The van der Waals surface area contributed by atoms with E-state index in [1.807, 2.05) is 0 Å². The molecule has 10 nitrogen and oxygen atoms in total. The Hall–Kier alpha value is -4.16. The number of nitrogens with one attached hydrogen (secondary N) is 1. The third-order valence-corrected chi connectivity index (χ3v) is 7.28. The average molecular weight is 622 g/mol. The number of rotatable bonds is 11. The summed E-state index contributed by atoms with van der Waals surface area (Å²) in [6, 6.07) is 10.4. The Morgan fingerprint density at radius 2 is 1.81 bits per heavy atom. The molecule has 1 N–H and O–H groups in total. The number of pyridine rings is 1.